The molecule has 0 unspecified atom stereocenters. The van der Waals surface area contributed by atoms with Gasteiger partial charge < -0.3 is 10.5 Å². The molecule has 18 heavy (non-hydrogen) atoms. The normalized spacial score (nSPS) is 10.1. The van der Waals surface area contributed by atoms with Crippen molar-refractivity contribution in [1.82, 2.24) is 9.97 Å². The van der Waals surface area contributed by atoms with E-state index in [4.69, 9.17) is 34.3 Å². The fourth-order valence-electron chi connectivity index (χ4n) is 1.18. The third-order valence-electron chi connectivity index (χ3n) is 1.98. The van der Waals surface area contributed by atoms with Crippen LogP contribution in [0.25, 0.3) is 0 Å². The van der Waals surface area contributed by atoms with E-state index in [1.54, 1.807) is 24.3 Å². The van der Waals surface area contributed by atoms with Crippen molar-refractivity contribution in [2.45, 2.75) is 0 Å². The topological polar surface area (TPSA) is 61.0 Å². The first-order valence-electron chi connectivity index (χ1n) is 4.82. The molecule has 2 rings (SSSR count). The lowest BCUT2D eigenvalue weighted by Gasteiger charge is -2.06. The van der Waals surface area contributed by atoms with Crippen LogP contribution in [-0.4, -0.2) is 15.0 Å². The maximum Gasteiger partial charge on any atom is 0.322 e. The predicted octanol–water partition coefficient (Wildman–Crippen LogP) is 3.32. The third kappa shape index (κ3) is 3.16. The highest BCUT2D eigenvalue weighted by molar-refractivity contribution is 9.10. The van der Waals surface area contributed by atoms with Crippen molar-refractivity contribution in [2.75, 3.05) is 0 Å². The summed E-state index contributed by atoms with van der Waals surface area (Å²) in [6, 6.07) is 6.92. The van der Waals surface area contributed by atoms with Gasteiger partial charge in [-0.15, -0.1) is 0 Å². The van der Waals surface area contributed by atoms with Crippen LogP contribution in [0.4, 0.5) is 0 Å². The first-order chi connectivity index (χ1) is 8.56. The molecule has 0 amide bonds. The van der Waals surface area contributed by atoms with E-state index < -0.39 is 0 Å². The van der Waals surface area contributed by atoms with Crippen molar-refractivity contribution in [1.29, 1.82) is 0 Å². The Morgan fingerprint density at radius 2 is 2.17 bits per heavy atom. The highest BCUT2D eigenvalue weighted by Crippen LogP contribution is 2.30. The molecule has 0 saturated heterocycles. The molecule has 0 radical (unpaired) electrons. The quantitative estimate of drug-likeness (QED) is 0.866. The average molecular weight is 345 g/mol. The molecule has 92 valence electrons. The van der Waals surface area contributed by atoms with Gasteiger partial charge in [-0.1, -0.05) is 23.8 Å². The van der Waals surface area contributed by atoms with Crippen LogP contribution in [0.5, 0.6) is 11.8 Å². The first-order valence-corrected chi connectivity index (χ1v) is 6.40. The number of hydrogen-bond acceptors (Lipinski definition) is 4. The number of rotatable bonds is 3. The molecule has 0 aliphatic rings. The van der Waals surface area contributed by atoms with Crippen molar-refractivity contribution >= 4 is 44.7 Å². The summed E-state index contributed by atoms with van der Waals surface area (Å²) in [5, 5.41) is 0.604. The zero-order valence-electron chi connectivity index (χ0n) is 8.93. The van der Waals surface area contributed by atoms with Gasteiger partial charge in [0, 0.05) is 11.2 Å². The molecular weight excluding hydrogens is 338 g/mol. The summed E-state index contributed by atoms with van der Waals surface area (Å²) in [5.41, 5.74) is 5.94. The number of aromatic nitrogens is 2. The molecule has 0 aliphatic carbocycles. The predicted molar refractivity (Wildman–Crippen MR) is 77.1 cm³/mol. The summed E-state index contributed by atoms with van der Waals surface area (Å²) >= 11 is 14.0. The fraction of sp³-hybridized carbons (Fsp3) is 0. The first kappa shape index (κ1) is 13.2. The maximum atomic E-state index is 5.84. The van der Waals surface area contributed by atoms with E-state index >= 15 is 0 Å². The van der Waals surface area contributed by atoms with E-state index in [1.165, 1.54) is 6.20 Å². The summed E-state index contributed by atoms with van der Waals surface area (Å²) < 4.78 is 6.22. The van der Waals surface area contributed by atoms with Crippen LogP contribution in [0, 0.1) is 0 Å². The molecular formula is C11H7BrClN3OS. The monoisotopic (exact) mass is 343 g/mol. The van der Waals surface area contributed by atoms with Crippen LogP contribution in [0.1, 0.15) is 5.69 Å². The Kier molecular flexibility index (Phi) is 4.11. The van der Waals surface area contributed by atoms with Gasteiger partial charge in [-0.2, -0.15) is 4.98 Å². The van der Waals surface area contributed by atoms with Gasteiger partial charge in [-0.3, -0.25) is 0 Å². The molecule has 2 aromatic rings. The van der Waals surface area contributed by atoms with Crippen LogP contribution in [0.15, 0.2) is 34.9 Å². The average Bonchev–Trinajstić information content (AvgIpc) is 2.33. The highest BCUT2D eigenvalue weighted by atomic mass is 79.9. The lowest BCUT2D eigenvalue weighted by Crippen LogP contribution is -2.12. The van der Waals surface area contributed by atoms with Crippen LogP contribution in [-0.2, 0) is 0 Å². The number of nitrogens with two attached hydrogens (primary N) is 1. The largest absolute Gasteiger partial charge is 0.423 e. The number of nitrogens with zero attached hydrogens (tertiary/aromatic N) is 2. The minimum Gasteiger partial charge on any atom is -0.423 e. The van der Waals surface area contributed by atoms with Gasteiger partial charge in [0.25, 0.3) is 0 Å². The second-order valence-corrected chi connectivity index (χ2v) is 5.00. The number of ether oxygens (including phenoxy) is 1. The lowest BCUT2D eigenvalue weighted by atomic mass is 10.3. The molecule has 7 heteroatoms. The summed E-state index contributed by atoms with van der Waals surface area (Å²) in [7, 11) is 0. The molecule has 4 nitrogen and oxygen atoms in total. The van der Waals surface area contributed by atoms with Crippen molar-refractivity contribution in [3.05, 3.63) is 45.7 Å². The second kappa shape index (κ2) is 5.60. The molecule has 0 aliphatic heterocycles. The maximum absolute atomic E-state index is 5.84. The Hall–Kier alpha value is -1.24. The molecule has 1 aromatic carbocycles. The number of halogens is 2. The standard InChI is InChI=1S/C11H7BrClN3OS/c12-7-5-6(13)1-2-9(7)17-11-15-4-3-8(16-11)10(14)18/h1-5H,(H2,14,18). The van der Waals surface area contributed by atoms with E-state index in [1.807, 2.05) is 0 Å². The molecule has 0 fully saturated rings. The van der Waals surface area contributed by atoms with Crippen LogP contribution in [0.3, 0.4) is 0 Å². The van der Waals surface area contributed by atoms with Gasteiger partial charge in [0.1, 0.15) is 16.4 Å². The molecule has 2 N–H and O–H groups in total. The Morgan fingerprint density at radius 1 is 1.39 bits per heavy atom. The van der Waals surface area contributed by atoms with Crippen LogP contribution < -0.4 is 10.5 Å². The minimum absolute atomic E-state index is 0.170. The Labute approximate surface area is 122 Å². The van der Waals surface area contributed by atoms with E-state index in [0.29, 0.717) is 20.9 Å². The Morgan fingerprint density at radius 3 is 2.83 bits per heavy atom. The Balaban J connectivity index is 2.28. The van der Waals surface area contributed by atoms with Gasteiger partial charge in [-0.25, -0.2) is 4.98 Å². The zero-order valence-corrected chi connectivity index (χ0v) is 12.1. The van der Waals surface area contributed by atoms with E-state index in [2.05, 4.69) is 25.9 Å². The Bertz CT molecular complexity index is 609. The van der Waals surface area contributed by atoms with E-state index in [-0.39, 0.29) is 11.0 Å². The van der Waals surface area contributed by atoms with Crippen molar-refractivity contribution in [3.63, 3.8) is 0 Å². The summed E-state index contributed by atoms with van der Waals surface area (Å²) in [6.07, 6.45) is 1.53. The second-order valence-electron chi connectivity index (χ2n) is 3.27. The van der Waals surface area contributed by atoms with Gasteiger partial charge in [0.15, 0.2) is 0 Å². The SMILES string of the molecule is NC(=S)c1ccnc(Oc2ccc(Cl)cc2Br)n1. The highest BCUT2D eigenvalue weighted by Gasteiger charge is 2.07. The van der Waals surface area contributed by atoms with E-state index in [9.17, 15) is 0 Å². The summed E-state index contributed by atoms with van der Waals surface area (Å²) in [6.45, 7) is 0. The fourth-order valence-corrected chi connectivity index (χ4v) is 2.06. The molecule has 1 aromatic heterocycles. The summed E-state index contributed by atoms with van der Waals surface area (Å²) in [4.78, 5) is 8.25. The van der Waals surface area contributed by atoms with Gasteiger partial charge in [-0.05, 0) is 40.2 Å². The third-order valence-corrected chi connectivity index (χ3v) is 3.05. The van der Waals surface area contributed by atoms with Crippen LogP contribution >= 0.6 is 39.7 Å². The molecule has 0 atom stereocenters. The molecule has 0 saturated carbocycles. The van der Waals surface area contributed by atoms with E-state index in [0.717, 1.165) is 0 Å². The van der Waals surface area contributed by atoms with Crippen molar-refractivity contribution < 1.29 is 4.74 Å². The van der Waals surface area contributed by atoms with Gasteiger partial charge in [0.2, 0.25) is 0 Å². The zero-order chi connectivity index (χ0) is 13.1. The minimum atomic E-state index is 0.170. The lowest BCUT2D eigenvalue weighted by molar-refractivity contribution is 0.439. The number of benzene rings is 1. The van der Waals surface area contributed by atoms with Crippen molar-refractivity contribution in [2.24, 2.45) is 5.73 Å². The number of hydrogen-bond donors (Lipinski definition) is 1. The molecule has 0 bridgehead atoms. The van der Waals surface area contributed by atoms with Crippen LogP contribution in [0.2, 0.25) is 5.02 Å². The number of thiocarbonyl (C=S) groups is 1. The molecule has 0 spiro atoms. The van der Waals surface area contributed by atoms with Gasteiger partial charge in [0.05, 0.1) is 4.47 Å². The molecule has 1 heterocycles. The summed E-state index contributed by atoms with van der Waals surface area (Å²) in [5.74, 6) is 0.555. The van der Waals surface area contributed by atoms with Gasteiger partial charge >= 0.3 is 6.01 Å². The van der Waals surface area contributed by atoms with Crippen molar-refractivity contribution in [3.8, 4) is 11.8 Å². The smallest absolute Gasteiger partial charge is 0.322 e.